The molecule has 21 heavy (non-hydrogen) atoms. The van der Waals surface area contributed by atoms with E-state index in [4.69, 9.17) is 11.6 Å². The minimum atomic E-state index is -0.0647. The number of halogens is 2. The first-order valence-electron chi connectivity index (χ1n) is 7.30. The molecule has 0 heterocycles. The molecule has 3 nitrogen and oxygen atoms in total. The van der Waals surface area contributed by atoms with Crippen LogP contribution in [0.5, 0.6) is 0 Å². The van der Waals surface area contributed by atoms with Crippen LogP contribution < -0.4 is 5.32 Å². The summed E-state index contributed by atoms with van der Waals surface area (Å²) in [5, 5.41) is 3.64. The first-order chi connectivity index (χ1) is 9.90. The van der Waals surface area contributed by atoms with Gasteiger partial charge in [-0.1, -0.05) is 38.3 Å². The Bertz CT molecular complexity index is 475. The Morgan fingerprint density at radius 1 is 1.33 bits per heavy atom. The highest BCUT2D eigenvalue weighted by Crippen LogP contribution is 2.23. The number of nitrogens with one attached hydrogen (secondary N) is 1. The molecular weight excluding hydrogens is 352 g/mol. The van der Waals surface area contributed by atoms with Crippen molar-refractivity contribution in [2.45, 2.75) is 32.7 Å². The molecule has 0 aliphatic carbocycles. The summed E-state index contributed by atoms with van der Waals surface area (Å²) >= 11 is 9.29. The van der Waals surface area contributed by atoms with E-state index in [0.29, 0.717) is 29.1 Å². The minimum Gasteiger partial charge on any atom is -0.350 e. The van der Waals surface area contributed by atoms with Crippen molar-refractivity contribution in [3.05, 3.63) is 33.3 Å². The van der Waals surface area contributed by atoms with Gasteiger partial charge in [0.05, 0.1) is 5.02 Å². The van der Waals surface area contributed by atoms with Gasteiger partial charge in [-0.2, -0.15) is 0 Å². The highest BCUT2D eigenvalue weighted by molar-refractivity contribution is 9.10. The first-order valence-corrected chi connectivity index (χ1v) is 8.47. The molecule has 0 saturated carbocycles. The average Bonchev–Trinajstić information content (AvgIpc) is 2.45. The zero-order valence-corrected chi connectivity index (χ0v) is 15.5. The maximum absolute atomic E-state index is 12.2. The average molecular weight is 376 g/mol. The molecule has 118 valence electrons. The van der Waals surface area contributed by atoms with E-state index in [1.54, 1.807) is 18.2 Å². The highest BCUT2D eigenvalue weighted by atomic mass is 79.9. The molecular formula is C16H24BrClN2O. The maximum Gasteiger partial charge on any atom is 0.251 e. The van der Waals surface area contributed by atoms with Crippen molar-refractivity contribution < 1.29 is 4.79 Å². The van der Waals surface area contributed by atoms with Crippen LogP contribution in [0.2, 0.25) is 5.02 Å². The molecule has 0 radical (unpaired) electrons. The zero-order valence-electron chi connectivity index (χ0n) is 13.1. The van der Waals surface area contributed by atoms with Gasteiger partial charge in [0.25, 0.3) is 5.91 Å². The molecule has 1 rings (SSSR count). The Morgan fingerprint density at radius 2 is 1.95 bits per heavy atom. The molecule has 0 aliphatic heterocycles. The van der Waals surface area contributed by atoms with E-state index in [0.717, 1.165) is 17.3 Å². The minimum absolute atomic E-state index is 0.0647. The summed E-state index contributed by atoms with van der Waals surface area (Å²) in [4.78, 5) is 14.4. The Morgan fingerprint density at radius 3 is 2.43 bits per heavy atom. The van der Waals surface area contributed by atoms with Gasteiger partial charge in [0, 0.05) is 22.6 Å². The summed E-state index contributed by atoms with van der Waals surface area (Å²) in [6.07, 6.45) is 2.23. The molecule has 1 unspecified atom stereocenters. The third-order valence-electron chi connectivity index (χ3n) is 3.91. The SMILES string of the molecule is CCC(CC)C(CNC(=O)c1ccc(Cl)c(Br)c1)N(C)C. The molecule has 1 N–H and O–H groups in total. The fourth-order valence-corrected chi connectivity index (χ4v) is 3.04. The van der Waals surface area contributed by atoms with Gasteiger partial charge in [0.15, 0.2) is 0 Å². The third-order valence-corrected chi connectivity index (χ3v) is 5.12. The monoisotopic (exact) mass is 374 g/mol. The number of likely N-dealkylation sites (N-methyl/N-ethyl adjacent to an activating group) is 1. The fourth-order valence-electron chi connectivity index (χ4n) is 2.54. The number of hydrogen-bond donors (Lipinski definition) is 1. The third kappa shape index (κ3) is 5.28. The molecule has 5 heteroatoms. The normalized spacial score (nSPS) is 12.8. The molecule has 0 spiro atoms. The molecule has 0 fully saturated rings. The predicted octanol–water partition coefficient (Wildman–Crippen LogP) is 4.20. The standard InChI is InChI=1S/C16H24BrClN2O/c1-5-11(6-2)15(20(3)4)10-19-16(21)12-7-8-14(18)13(17)9-12/h7-9,11,15H,5-6,10H2,1-4H3,(H,19,21). The van der Waals surface area contributed by atoms with Gasteiger partial charge < -0.3 is 10.2 Å². The number of carbonyl (C=O) groups excluding carboxylic acids is 1. The van der Waals surface area contributed by atoms with E-state index >= 15 is 0 Å². The predicted molar refractivity (Wildman–Crippen MR) is 93.0 cm³/mol. The Balaban J connectivity index is 2.71. The Kier molecular flexibility index (Phi) is 7.71. The Hall–Kier alpha value is -0.580. The summed E-state index contributed by atoms with van der Waals surface area (Å²) < 4.78 is 0.737. The summed E-state index contributed by atoms with van der Waals surface area (Å²) in [5.74, 6) is 0.516. The van der Waals surface area contributed by atoms with Crippen LogP contribution in [0.1, 0.15) is 37.0 Å². The van der Waals surface area contributed by atoms with E-state index in [-0.39, 0.29) is 5.91 Å². The topological polar surface area (TPSA) is 32.3 Å². The Labute approximate surface area is 141 Å². The number of nitrogens with zero attached hydrogens (tertiary/aromatic N) is 1. The zero-order chi connectivity index (χ0) is 16.0. The van der Waals surface area contributed by atoms with Gasteiger partial charge in [-0.15, -0.1) is 0 Å². The van der Waals surface area contributed by atoms with E-state index in [9.17, 15) is 4.79 Å². The lowest BCUT2D eigenvalue weighted by atomic mass is 9.93. The lowest BCUT2D eigenvalue weighted by Gasteiger charge is -2.31. The number of rotatable bonds is 7. The van der Waals surface area contributed by atoms with Crippen LogP contribution in [-0.4, -0.2) is 37.5 Å². The molecule has 0 aliphatic rings. The number of carbonyl (C=O) groups is 1. The van der Waals surface area contributed by atoms with Gasteiger partial charge in [-0.3, -0.25) is 4.79 Å². The number of hydrogen-bond acceptors (Lipinski definition) is 2. The van der Waals surface area contributed by atoms with E-state index < -0.39 is 0 Å². The fraction of sp³-hybridized carbons (Fsp3) is 0.562. The van der Waals surface area contributed by atoms with E-state index in [1.807, 2.05) is 0 Å². The quantitative estimate of drug-likeness (QED) is 0.774. The largest absolute Gasteiger partial charge is 0.350 e. The van der Waals surface area contributed by atoms with Crippen molar-refractivity contribution in [2.75, 3.05) is 20.6 Å². The van der Waals surface area contributed by atoms with Crippen LogP contribution in [0.3, 0.4) is 0 Å². The summed E-state index contributed by atoms with van der Waals surface area (Å²) in [6.45, 7) is 5.05. The number of benzene rings is 1. The summed E-state index contributed by atoms with van der Waals surface area (Å²) in [7, 11) is 4.13. The lowest BCUT2D eigenvalue weighted by molar-refractivity contribution is 0.0928. The highest BCUT2D eigenvalue weighted by Gasteiger charge is 2.21. The van der Waals surface area contributed by atoms with Gasteiger partial charge in [0.1, 0.15) is 0 Å². The van der Waals surface area contributed by atoms with E-state index in [1.165, 1.54) is 0 Å². The van der Waals surface area contributed by atoms with Crippen molar-refractivity contribution in [1.29, 1.82) is 0 Å². The van der Waals surface area contributed by atoms with Crippen LogP contribution >= 0.6 is 27.5 Å². The van der Waals surface area contributed by atoms with Crippen molar-refractivity contribution in [3.63, 3.8) is 0 Å². The van der Waals surface area contributed by atoms with Crippen LogP contribution in [0, 0.1) is 5.92 Å². The maximum atomic E-state index is 12.2. The van der Waals surface area contributed by atoms with Crippen molar-refractivity contribution in [3.8, 4) is 0 Å². The van der Waals surface area contributed by atoms with Crippen molar-refractivity contribution >= 4 is 33.4 Å². The summed E-state index contributed by atoms with van der Waals surface area (Å²) in [5.41, 5.74) is 0.619. The van der Waals surface area contributed by atoms with Crippen LogP contribution in [-0.2, 0) is 0 Å². The van der Waals surface area contributed by atoms with Crippen LogP contribution in [0.15, 0.2) is 22.7 Å². The molecule has 1 aromatic rings. The second-order valence-electron chi connectivity index (χ2n) is 5.45. The molecule has 0 saturated heterocycles. The first kappa shape index (κ1) is 18.5. The van der Waals surface area contributed by atoms with Gasteiger partial charge >= 0.3 is 0 Å². The molecule has 0 bridgehead atoms. The van der Waals surface area contributed by atoms with Crippen molar-refractivity contribution in [2.24, 2.45) is 5.92 Å². The van der Waals surface area contributed by atoms with Gasteiger partial charge in [-0.05, 0) is 54.1 Å². The summed E-state index contributed by atoms with van der Waals surface area (Å²) in [6, 6.07) is 5.56. The second kappa shape index (κ2) is 8.76. The molecule has 1 aromatic carbocycles. The molecule has 1 amide bonds. The second-order valence-corrected chi connectivity index (χ2v) is 6.71. The molecule has 1 atom stereocenters. The van der Waals surface area contributed by atoms with Crippen LogP contribution in [0.4, 0.5) is 0 Å². The van der Waals surface area contributed by atoms with Crippen LogP contribution in [0.25, 0.3) is 0 Å². The smallest absolute Gasteiger partial charge is 0.251 e. The van der Waals surface area contributed by atoms with Crippen molar-refractivity contribution in [1.82, 2.24) is 10.2 Å². The number of amides is 1. The van der Waals surface area contributed by atoms with E-state index in [2.05, 4.69) is 54.1 Å². The molecule has 0 aromatic heterocycles. The van der Waals surface area contributed by atoms with Gasteiger partial charge in [-0.25, -0.2) is 0 Å². The van der Waals surface area contributed by atoms with Gasteiger partial charge in [0.2, 0.25) is 0 Å². The lowest BCUT2D eigenvalue weighted by Crippen LogP contribution is -2.44.